The maximum Gasteiger partial charge on any atom is 0.337 e. The van der Waals surface area contributed by atoms with Gasteiger partial charge in [0.1, 0.15) is 0 Å². The van der Waals surface area contributed by atoms with Crippen LogP contribution in [0.15, 0.2) is 53.4 Å². The summed E-state index contributed by atoms with van der Waals surface area (Å²) in [6.07, 6.45) is -1.51. The summed E-state index contributed by atoms with van der Waals surface area (Å²) in [6, 6.07) is 14.2. The summed E-state index contributed by atoms with van der Waals surface area (Å²) in [4.78, 5) is 22.6. The molecule has 2 rings (SSSR count). The van der Waals surface area contributed by atoms with E-state index in [1.54, 1.807) is 24.3 Å². The number of benzene rings is 2. The summed E-state index contributed by atoms with van der Waals surface area (Å²) in [5.41, 5.74) is 2.21. The zero-order valence-electron chi connectivity index (χ0n) is 11.3. The number of aliphatic carboxylic acids is 1. The highest BCUT2D eigenvalue weighted by molar-refractivity contribution is 8.13. The van der Waals surface area contributed by atoms with Crippen LogP contribution in [0.2, 0.25) is 0 Å². The molecule has 2 aromatic carbocycles. The topological polar surface area (TPSA) is 74.6 Å². The molecule has 0 saturated carbocycles. The highest BCUT2D eigenvalue weighted by Crippen LogP contribution is 2.25. The lowest BCUT2D eigenvalue weighted by atomic mass is 10.0. The molecule has 1 unspecified atom stereocenters. The van der Waals surface area contributed by atoms with Crippen LogP contribution in [0.3, 0.4) is 0 Å². The second kappa shape index (κ2) is 6.56. The SMILES string of the molecule is CC(=O)Sc1ccc(-c2ccc(C(O)C(=O)O)cc2)cc1. The maximum atomic E-state index is 11.0. The summed E-state index contributed by atoms with van der Waals surface area (Å²) in [5, 5.41) is 18.2. The molecule has 0 saturated heterocycles. The predicted octanol–water partition coefficient (Wildman–Crippen LogP) is 3.11. The van der Waals surface area contributed by atoms with Crippen LogP contribution in [0, 0.1) is 0 Å². The largest absolute Gasteiger partial charge is 0.479 e. The fourth-order valence-electron chi connectivity index (χ4n) is 1.88. The zero-order chi connectivity index (χ0) is 15.4. The summed E-state index contributed by atoms with van der Waals surface area (Å²) < 4.78 is 0. The molecule has 0 radical (unpaired) electrons. The molecule has 108 valence electrons. The number of rotatable bonds is 4. The van der Waals surface area contributed by atoms with Gasteiger partial charge in [-0.1, -0.05) is 48.2 Å². The van der Waals surface area contributed by atoms with Crippen molar-refractivity contribution < 1.29 is 19.8 Å². The van der Waals surface area contributed by atoms with Gasteiger partial charge >= 0.3 is 5.97 Å². The van der Waals surface area contributed by atoms with Crippen molar-refractivity contribution in [1.82, 2.24) is 0 Å². The van der Waals surface area contributed by atoms with E-state index in [1.807, 2.05) is 24.3 Å². The molecule has 2 N–H and O–H groups in total. The molecule has 0 spiro atoms. The summed E-state index contributed by atoms with van der Waals surface area (Å²) in [5.74, 6) is -1.27. The van der Waals surface area contributed by atoms with Crippen LogP contribution in [0.25, 0.3) is 11.1 Å². The number of carboxylic acids is 1. The Hall–Kier alpha value is -2.11. The van der Waals surface area contributed by atoms with Crippen molar-refractivity contribution >= 4 is 22.8 Å². The molecule has 21 heavy (non-hydrogen) atoms. The maximum absolute atomic E-state index is 11.0. The van der Waals surface area contributed by atoms with E-state index in [0.717, 1.165) is 16.0 Å². The fourth-order valence-corrected chi connectivity index (χ4v) is 2.49. The minimum absolute atomic E-state index is 0.0368. The minimum Gasteiger partial charge on any atom is -0.479 e. The van der Waals surface area contributed by atoms with Gasteiger partial charge in [0.05, 0.1) is 0 Å². The molecule has 0 aliphatic rings. The molecule has 0 aliphatic carbocycles. The number of hydrogen-bond acceptors (Lipinski definition) is 4. The Morgan fingerprint density at radius 2 is 1.43 bits per heavy atom. The van der Waals surface area contributed by atoms with E-state index in [9.17, 15) is 14.7 Å². The first kappa shape index (κ1) is 15.3. The van der Waals surface area contributed by atoms with Crippen LogP contribution in [-0.4, -0.2) is 21.3 Å². The van der Waals surface area contributed by atoms with Crippen LogP contribution < -0.4 is 0 Å². The van der Waals surface area contributed by atoms with E-state index >= 15 is 0 Å². The van der Waals surface area contributed by atoms with Crippen molar-refractivity contribution in [2.24, 2.45) is 0 Å². The molecule has 0 amide bonds. The van der Waals surface area contributed by atoms with E-state index in [4.69, 9.17) is 5.11 Å². The summed E-state index contributed by atoms with van der Waals surface area (Å²) in [7, 11) is 0. The molecule has 0 heterocycles. The quantitative estimate of drug-likeness (QED) is 0.849. The van der Waals surface area contributed by atoms with Gasteiger partial charge in [-0.15, -0.1) is 0 Å². The molecule has 0 aliphatic heterocycles. The van der Waals surface area contributed by atoms with E-state index in [0.29, 0.717) is 5.56 Å². The average Bonchev–Trinajstić information content (AvgIpc) is 2.47. The first-order valence-electron chi connectivity index (χ1n) is 6.27. The molecule has 0 aromatic heterocycles. The summed E-state index contributed by atoms with van der Waals surface area (Å²) >= 11 is 1.17. The van der Waals surface area contributed by atoms with Gasteiger partial charge in [0, 0.05) is 11.8 Å². The predicted molar refractivity (Wildman–Crippen MR) is 81.0 cm³/mol. The molecule has 1 atom stereocenters. The Morgan fingerprint density at radius 3 is 1.86 bits per heavy atom. The molecule has 5 heteroatoms. The number of carbonyl (C=O) groups is 2. The molecule has 0 fully saturated rings. The Bertz CT molecular complexity index is 647. The number of hydrogen-bond donors (Lipinski definition) is 2. The lowest BCUT2D eigenvalue weighted by molar-refractivity contribution is -0.146. The molecule has 0 bridgehead atoms. The normalized spacial score (nSPS) is 11.9. The molecule has 4 nitrogen and oxygen atoms in total. The van der Waals surface area contributed by atoms with Crippen LogP contribution >= 0.6 is 11.8 Å². The first-order chi connectivity index (χ1) is 9.97. The van der Waals surface area contributed by atoms with Crippen LogP contribution in [0.5, 0.6) is 0 Å². The van der Waals surface area contributed by atoms with E-state index in [1.165, 1.54) is 18.7 Å². The number of aliphatic hydroxyl groups excluding tert-OH is 1. The Balaban J connectivity index is 2.18. The smallest absolute Gasteiger partial charge is 0.337 e. The van der Waals surface area contributed by atoms with E-state index < -0.39 is 12.1 Å². The third-order valence-corrected chi connectivity index (χ3v) is 3.70. The lowest BCUT2D eigenvalue weighted by Gasteiger charge is -2.08. The molecule has 2 aromatic rings. The Morgan fingerprint density at radius 1 is 0.952 bits per heavy atom. The number of carbonyl (C=O) groups excluding carboxylic acids is 1. The average molecular weight is 302 g/mol. The van der Waals surface area contributed by atoms with Gasteiger partial charge in [-0.3, -0.25) is 4.79 Å². The van der Waals surface area contributed by atoms with Gasteiger partial charge < -0.3 is 10.2 Å². The highest BCUT2D eigenvalue weighted by atomic mass is 32.2. The van der Waals surface area contributed by atoms with Crippen molar-refractivity contribution in [1.29, 1.82) is 0 Å². The summed E-state index contributed by atoms with van der Waals surface area (Å²) in [6.45, 7) is 1.52. The molecular weight excluding hydrogens is 288 g/mol. The van der Waals surface area contributed by atoms with Gasteiger partial charge in [-0.2, -0.15) is 0 Å². The van der Waals surface area contributed by atoms with Gasteiger partial charge in [0.25, 0.3) is 0 Å². The van der Waals surface area contributed by atoms with Crippen LogP contribution in [-0.2, 0) is 9.59 Å². The number of thioether (sulfide) groups is 1. The highest BCUT2D eigenvalue weighted by Gasteiger charge is 2.15. The van der Waals surface area contributed by atoms with Gasteiger partial charge in [0.2, 0.25) is 0 Å². The van der Waals surface area contributed by atoms with Crippen LogP contribution in [0.4, 0.5) is 0 Å². The monoisotopic (exact) mass is 302 g/mol. The van der Waals surface area contributed by atoms with Crippen LogP contribution in [0.1, 0.15) is 18.6 Å². The Labute approximate surface area is 126 Å². The van der Waals surface area contributed by atoms with Crippen molar-refractivity contribution in [3.63, 3.8) is 0 Å². The fraction of sp³-hybridized carbons (Fsp3) is 0.125. The standard InChI is InChI=1S/C16H14O4S/c1-10(17)21-14-8-6-12(7-9-14)11-2-4-13(5-3-11)15(18)16(19)20/h2-9,15,18H,1H3,(H,19,20). The van der Waals surface area contributed by atoms with Crippen molar-refractivity contribution in [3.05, 3.63) is 54.1 Å². The number of aliphatic hydroxyl groups is 1. The second-order valence-electron chi connectivity index (χ2n) is 4.48. The third-order valence-electron chi connectivity index (χ3n) is 2.91. The first-order valence-corrected chi connectivity index (χ1v) is 7.08. The van der Waals surface area contributed by atoms with E-state index in [-0.39, 0.29) is 5.12 Å². The van der Waals surface area contributed by atoms with Gasteiger partial charge in [-0.05, 0) is 28.8 Å². The third kappa shape index (κ3) is 3.93. The van der Waals surface area contributed by atoms with Gasteiger partial charge in [0.15, 0.2) is 11.2 Å². The van der Waals surface area contributed by atoms with Crippen molar-refractivity contribution in [2.45, 2.75) is 17.9 Å². The van der Waals surface area contributed by atoms with Crippen molar-refractivity contribution in [2.75, 3.05) is 0 Å². The van der Waals surface area contributed by atoms with Crippen molar-refractivity contribution in [3.8, 4) is 11.1 Å². The van der Waals surface area contributed by atoms with Gasteiger partial charge in [-0.25, -0.2) is 4.79 Å². The zero-order valence-corrected chi connectivity index (χ0v) is 12.1. The Kier molecular flexibility index (Phi) is 4.77. The van der Waals surface area contributed by atoms with E-state index in [2.05, 4.69) is 0 Å². The second-order valence-corrected chi connectivity index (χ2v) is 5.73. The molecular formula is C16H14O4S. The number of carboxylic acid groups (broad SMARTS) is 1. The lowest BCUT2D eigenvalue weighted by Crippen LogP contribution is -2.09. The minimum atomic E-state index is -1.51.